The molecule has 3 rings (SSSR count). The SMILES string of the molecule is CC(C)(C)S(=O)(=O)NCC1CCC(/C=N/c2nc(-c3ccccc3F)no2)CC1. The van der Waals surface area contributed by atoms with E-state index in [2.05, 4.69) is 19.9 Å². The van der Waals surface area contributed by atoms with Crippen LogP contribution in [-0.4, -0.2) is 36.1 Å². The zero-order valence-corrected chi connectivity index (χ0v) is 17.7. The van der Waals surface area contributed by atoms with E-state index in [1.807, 2.05) is 0 Å². The standard InChI is InChI=1S/C20H27FN4O3S/c1-20(2,3)29(26,27)23-13-15-10-8-14(9-11-15)12-22-19-24-18(25-28-19)16-6-4-5-7-17(16)21/h4-7,12,14-15,23H,8-11,13H2,1-3H3/b22-12+. The van der Waals surface area contributed by atoms with Crippen molar-refractivity contribution in [3.8, 4) is 11.4 Å². The predicted molar refractivity (Wildman–Crippen MR) is 110 cm³/mol. The van der Waals surface area contributed by atoms with Crippen molar-refractivity contribution in [1.82, 2.24) is 14.9 Å². The van der Waals surface area contributed by atoms with Crippen LogP contribution in [0.15, 0.2) is 33.8 Å². The van der Waals surface area contributed by atoms with Crippen molar-refractivity contribution in [3.63, 3.8) is 0 Å². The van der Waals surface area contributed by atoms with E-state index in [-0.39, 0.29) is 23.3 Å². The lowest BCUT2D eigenvalue weighted by molar-refractivity contribution is 0.324. The van der Waals surface area contributed by atoms with E-state index in [1.165, 1.54) is 6.07 Å². The molecule has 1 aromatic carbocycles. The molecule has 1 aromatic heterocycles. The summed E-state index contributed by atoms with van der Waals surface area (Å²) in [6.07, 6.45) is 5.48. The Kier molecular flexibility index (Phi) is 6.48. The first-order valence-corrected chi connectivity index (χ1v) is 11.3. The molecule has 1 heterocycles. The molecule has 9 heteroatoms. The van der Waals surface area contributed by atoms with Crippen LogP contribution < -0.4 is 4.72 Å². The molecular formula is C20H27FN4O3S. The summed E-state index contributed by atoms with van der Waals surface area (Å²) in [5.41, 5.74) is 0.274. The van der Waals surface area contributed by atoms with Crippen molar-refractivity contribution in [1.29, 1.82) is 0 Å². The zero-order chi connectivity index (χ0) is 21.1. The van der Waals surface area contributed by atoms with Gasteiger partial charge in [-0.25, -0.2) is 22.5 Å². The maximum absolute atomic E-state index is 13.8. The van der Waals surface area contributed by atoms with Crippen LogP contribution in [0.4, 0.5) is 10.4 Å². The Balaban J connectivity index is 1.50. The number of aliphatic imine (C=N–C) groups is 1. The number of aromatic nitrogens is 2. The molecular weight excluding hydrogens is 395 g/mol. The summed E-state index contributed by atoms with van der Waals surface area (Å²) in [7, 11) is -3.31. The Morgan fingerprint density at radius 2 is 1.93 bits per heavy atom. The summed E-state index contributed by atoms with van der Waals surface area (Å²) in [6.45, 7) is 5.55. The fourth-order valence-electron chi connectivity index (χ4n) is 3.17. The van der Waals surface area contributed by atoms with Gasteiger partial charge in [0, 0.05) is 12.8 Å². The number of halogens is 1. The molecule has 1 fully saturated rings. The Labute approximate surface area is 170 Å². The average Bonchev–Trinajstić information content (AvgIpc) is 3.14. The lowest BCUT2D eigenvalue weighted by Gasteiger charge is -2.28. The van der Waals surface area contributed by atoms with Crippen molar-refractivity contribution in [2.24, 2.45) is 16.8 Å². The third-order valence-corrected chi connectivity index (χ3v) is 7.34. The molecule has 1 aliphatic rings. The van der Waals surface area contributed by atoms with Crippen LogP contribution in [0.5, 0.6) is 0 Å². The molecule has 158 valence electrons. The fourth-order valence-corrected chi connectivity index (χ4v) is 4.06. The highest BCUT2D eigenvalue weighted by molar-refractivity contribution is 7.90. The normalized spacial score (nSPS) is 21.0. The van der Waals surface area contributed by atoms with E-state index in [0.29, 0.717) is 12.5 Å². The van der Waals surface area contributed by atoms with Gasteiger partial charge in [-0.3, -0.25) is 0 Å². The van der Waals surface area contributed by atoms with Gasteiger partial charge in [-0.2, -0.15) is 4.98 Å². The van der Waals surface area contributed by atoms with Crippen molar-refractivity contribution < 1.29 is 17.3 Å². The summed E-state index contributed by atoms with van der Waals surface area (Å²) in [6, 6.07) is 6.33. The summed E-state index contributed by atoms with van der Waals surface area (Å²) < 4.78 is 45.2. The van der Waals surface area contributed by atoms with Gasteiger partial charge < -0.3 is 4.52 Å². The number of nitrogens with one attached hydrogen (secondary N) is 1. The Morgan fingerprint density at radius 3 is 2.59 bits per heavy atom. The van der Waals surface area contributed by atoms with Gasteiger partial charge in [-0.15, -0.1) is 0 Å². The second-order valence-corrected chi connectivity index (χ2v) is 10.9. The second kappa shape index (κ2) is 8.71. The fraction of sp³-hybridized carbons (Fsp3) is 0.550. The van der Waals surface area contributed by atoms with Gasteiger partial charge in [0.2, 0.25) is 15.8 Å². The maximum atomic E-state index is 13.8. The number of rotatable bonds is 6. The molecule has 0 saturated heterocycles. The van der Waals surface area contributed by atoms with E-state index >= 15 is 0 Å². The second-order valence-electron chi connectivity index (χ2n) is 8.40. The highest BCUT2D eigenvalue weighted by Gasteiger charge is 2.30. The molecule has 1 saturated carbocycles. The third kappa shape index (κ3) is 5.48. The molecule has 2 aromatic rings. The smallest absolute Gasteiger partial charge is 0.313 e. The molecule has 29 heavy (non-hydrogen) atoms. The zero-order valence-electron chi connectivity index (χ0n) is 16.9. The third-order valence-electron chi connectivity index (χ3n) is 5.19. The monoisotopic (exact) mass is 422 g/mol. The van der Waals surface area contributed by atoms with Crippen LogP contribution in [0.3, 0.4) is 0 Å². The summed E-state index contributed by atoms with van der Waals surface area (Å²) in [4.78, 5) is 8.38. The maximum Gasteiger partial charge on any atom is 0.347 e. The van der Waals surface area contributed by atoms with Crippen molar-refractivity contribution >= 4 is 22.3 Å². The molecule has 1 N–H and O–H groups in total. The van der Waals surface area contributed by atoms with Crippen LogP contribution in [-0.2, 0) is 10.0 Å². The largest absolute Gasteiger partial charge is 0.347 e. The van der Waals surface area contributed by atoms with Crippen LogP contribution in [0.2, 0.25) is 0 Å². The lowest BCUT2D eigenvalue weighted by Crippen LogP contribution is -2.41. The summed E-state index contributed by atoms with van der Waals surface area (Å²) in [5, 5.41) is 3.79. The first kappa shape index (κ1) is 21.6. The van der Waals surface area contributed by atoms with Gasteiger partial charge in [0.15, 0.2) is 0 Å². The molecule has 0 spiro atoms. The van der Waals surface area contributed by atoms with Crippen LogP contribution in [0, 0.1) is 17.7 Å². The topological polar surface area (TPSA) is 97.5 Å². The van der Waals surface area contributed by atoms with E-state index in [9.17, 15) is 12.8 Å². The van der Waals surface area contributed by atoms with Crippen molar-refractivity contribution in [2.45, 2.75) is 51.2 Å². The van der Waals surface area contributed by atoms with E-state index in [4.69, 9.17) is 4.52 Å². The van der Waals surface area contributed by atoms with Gasteiger partial charge in [-0.1, -0.05) is 17.3 Å². The minimum atomic E-state index is -3.31. The quantitative estimate of drug-likeness (QED) is 0.707. The predicted octanol–water partition coefficient (Wildman–Crippen LogP) is 4.10. The molecule has 0 aliphatic heterocycles. The number of hydrogen-bond acceptors (Lipinski definition) is 6. The lowest BCUT2D eigenvalue weighted by atomic mass is 9.83. The number of sulfonamides is 1. The average molecular weight is 423 g/mol. The van der Waals surface area contributed by atoms with Crippen molar-refractivity contribution in [2.75, 3.05) is 6.54 Å². The molecule has 0 unspecified atom stereocenters. The summed E-state index contributed by atoms with van der Waals surface area (Å²) in [5.74, 6) is 0.358. The molecule has 1 aliphatic carbocycles. The van der Waals surface area contributed by atoms with Crippen molar-refractivity contribution in [3.05, 3.63) is 30.1 Å². The van der Waals surface area contributed by atoms with Gasteiger partial charge in [0.05, 0.1) is 10.3 Å². The molecule has 0 amide bonds. The van der Waals surface area contributed by atoms with Crippen LogP contribution >= 0.6 is 0 Å². The Morgan fingerprint density at radius 1 is 1.24 bits per heavy atom. The number of benzene rings is 1. The summed E-state index contributed by atoms with van der Waals surface area (Å²) >= 11 is 0. The van der Waals surface area contributed by atoms with Crippen LogP contribution in [0.25, 0.3) is 11.4 Å². The number of hydrogen-bond donors (Lipinski definition) is 1. The number of nitrogens with zero attached hydrogens (tertiary/aromatic N) is 3. The Hall–Kier alpha value is -2.13. The van der Waals surface area contributed by atoms with E-state index in [1.54, 1.807) is 45.2 Å². The van der Waals surface area contributed by atoms with E-state index in [0.717, 1.165) is 25.7 Å². The van der Waals surface area contributed by atoms with Gasteiger partial charge in [-0.05, 0) is 70.4 Å². The van der Waals surface area contributed by atoms with Crippen LogP contribution in [0.1, 0.15) is 46.5 Å². The molecule has 7 nitrogen and oxygen atoms in total. The Bertz CT molecular complexity index is 958. The minimum Gasteiger partial charge on any atom is -0.313 e. The van der Waals surface area contributed by atoms with Gasteiger partial charge in [0.1, 0.15) is 5.82 Å². The molecule has 0 bridgehead atoms. The van der Waals surface area contributed by atoms with Gasteiger partial charge in [0.25, 0.3) is 0 Å². The first-order valence-electron chi connectivity index (χ1n) is 9.78. The highest BCUT2D eigenvalue weighted by Crippen LogP contribution is 2.29. The molecule has 0 radical (unpaired) electrons. The van der Waals surface area contributed by atoms with Gasteiger partial charge >= 0.3 is 6.01 Å². The van der Waals surface area contributed by atoms with E-state index < -0.39 is 20.6 Å². The minimum absolute atomic E-state index is 0.100. The highest BCUT2D eigenvalue weighted by atomic mass is 32.2. The first-order chi connectivity index (χ1) is 13.7. The molecule has 0 atom stereocenters.